The molecule has 0 heterocycles. The fourth-order valence-electron chi connectivity index (χ4n) is 1.82. The number of benzene rings is 1. The quantitative estimate of drug-likeness (QED) is 0.728. The van der Waals surface area contributed by atoms with Crippen LogP contribution in [0.1, 0.15) is 37.0 Å². The number of carbonyl (C=O) groups is 2. The number of nitrogens with one attached hydrogen (secondary N) is 1. The Balaban J connectivity index is 3.24. The van der Waals surface area contributed by atoms with Crippen LogP contribution in [0, 0.1) is 17.5 Å². The molecular weight excluding hydrogens is 291 g/mol. The minimum absolute atomic E-state index is 0.00184. The molecule has 0 aromatic heterocycles. The summed E-state index contributed by atoms with van der Waals surface area (Å²) in [6, 6.07) is 0.262. The van der Waals surface area contributed by atoms with Gasteiger partial charge in [0.2, 0.25) is 5.82 Å². The summed E-state index contributed by atoms with van der Waals surface area (Å²) in [5.41, 5.74) is -2.64. The number of aliphatic carboxylic acids is 1. The van der Waals surface area contributed by atoms with Crippen LogP contribution in [-0.2, 0) is 4.79 Å². The highest BCUT2D eigenvalue weighted by atomic mass is 19.2. The van der Waals surface area contributed by atoms with Crippen LogP contribution in [0.2, 0.25) is 0 Å². The molecule has 0 aliphatic rings. The molecule has 21 heavy (non-hydrogen) atoms. The third-order valence-corrected chi connectivity index (χ3v) is 3.35. The molecule has 1 amide bonds. The average molecular weight is 305 g/mol. The van der Waals surface area contributed by atoms with E-state index in [0.29, 0.717) is 0 Å². The summed E-state index contributed by atoms with van der Waals surface area (Å²) < 4.78 is 39.7. The van der Waals surface area contributed by atoms with Crippen molar-refractivity contribution in [2.45, 2.75) is 32.2 Å². The van der Waals surface area contributed by atoms with E-state index in [4.69, 9.17) is 10.2 Å². The van der Waals surface area contributed by atoms with Crippen molar-refractivity contribution in [2.75, 3.05) is 0 Å². The summed E-state index contributed by atoms with van der Waals surface area (Å²) in [5, 5.41) is 20.3. The zero-order valence-corrected chi connectivity index (χ0v) is 11.3. The van der Waals surface area contributed by atoms with Gasteiger partial charge in [0.15, 0.2) is 17.4 Å². The number of rotatable bonds is 5. The molecule has 116 valence electrons. The van der Waals surface area contributed by atoms with Crippen molar-refractivity contribution in [3.8, 4) is 5.75 Å². The van der Waals surface area contributed by atoms with Crippen molar-refractivity contribution in [3.63, 3.8) is 0 Å². The van der Waals surface area contributed by atoms with Crippen LogP contribution in [-0.4, -0.2) is 27.6 Å². The Labute approximate surface area is 118 Å². The van der Waals surface area contributed by atoms with Crippen LogP contribution in [0.3, 0.4) is 0 Å². The Bertz CT molecular complexity index is 585. The van der Waals surface area contributed by atoms with Crippen molar-refractivity contribution >= 4 is 11.9 Å². The second-order valence-corrected chi connectivity index (χ2v) is 4.43. The molecule has 3 N–H and O–H groups in total. The average Bonchev–Trinajstić information content (AvgIpc) is 2.45. The number of phenols is 1. The van der Waals surface area contributed by atoms with E-state index in [9.17, 15) is 22.8 Å². The second-order valence-electron chi connectivity index (χ2n) is 4.43. The maximum Gasteiger partial charge on any atom is 0.329 e. The molecule has 0 bridgehead atoms. The van der Waals surface area contributed by atoms with Crippen molar-refractivity contribution in [2.24, 2.45) is 0 Å². The number of carboxylic acids is 1. The van der Waals surface area contributed by atoms with Crippen LogP contribution >= 0.6 is 0 Å². The molecule has 0 atom stereocenters. The van der Waals surface area contributed by atoms with Crippen molar-refractivity contribution in [3.05, 3.63) is 29.1 Å². The topological polar surface area (TPSA) is 86.6 Å². The Morgan fingerprint density at radius 2 is 1.71 bits per heavy atom. The van der Waals surface area contributed by atoms with Gasteiger partial charge in [-0.15, -0.1) is 0 Å². The van der Waals surface area contributed by atoms with Crippen molar-refractivity contribution in [1.82, 2.24) is 5.32 Å². The summed E-state index contributed by atoms with van der Waals surface area (Å²) in [6.45, 7) is 2.99. The van der Waals surface area contributed by atoms with Gasteiger partial charge in [0, 0.05) is 0 Å². The lowest BCUT2D eigenvalue weighted by molar-refractivity contribution is -0.144. The lowest BCUT2D eigenvalue weighted by Gasteiger charge is -2.28. The molecule has 0 fully saturated rings. The van der Waals surface area contributed by atoms with Crippen molar-refractivity contribution in [1.29, 1.82) is 0 Å². The molecule has 1 rings (SSSR count). The van der Waals surface area contributed by atoms with Crippen LogP contribution in [0.5, 0.6) is 5.75 Å². The smallest absolute Gasteiger partial charge is 0.329 e. The monoisotopic (exact) mass is 305 g/mol. The highest BCUT2D eigenvalue weighted by Crippen LogP contribution is 2.26. The van der Waals surface area contributed by atoms with Gasteiger partial charge in [-0.3, -0.25) is 4.79 Å². The molecule has 0 radical (unpaired) electrons. The lowest BCUT2D eigenvalue weighted by atomic mass is 9.92. The van der Waals surface area contributed by atoms with Crippen LogP contribution in [0.25, 0.3) is 0 Å². The van der Waals surface area contributed by atoms with E-state index >= 15 is 0 Å². The Morgan fingerprint density at radius 1 is 1.19 bits per heavy atom. The Kier molecular flexibility index (Phi) is 4.82. The highest BCUT2D eigenvalue weighted by Gasteiger charge is 2.37. The lowest BCUT2D eigenvalue weighted by Crippen LogP contribution is -2.53. The van der Waals surface area contributed by atoms with Crippen molar-refractivity contribution < 1.29 is 33.0 Å². The van der Waals surface area contributed by atoms with Gasteiger partial charge in [0.1, 0.15) is 5.54 Å². The maximum atomic E-state index is 13.6. The summed E-state index contributed by atoms with van der Waals surface area (Å²) in [5.74, 6) is -9.32. The van der Waals surface area contributed by atoms with Gasteiger partial charge in [-0.25, -0.2) is 13.6 Å². The molecule has 0 spiro atoms. The summed E-state index contributed by atoms with van der Waals surface area (Å²) in [7, 11) is 0. The van der Waals surface area contributed by atoms with E-state index in [1.807, 2.05) is 0 Å². The van der Waals surface area contributed by atoms with E-state index in [2.05, 4.69) is 5.32 Å². The first-order valence-electron chi connectivity index (χ1n) is 6.12. The Hall–Kier alpha value is -2.25. The van der Waals surface area contributed by atoms with Gasteiger partial charge in [-0.2, -0.15) is 4.39 Å². The fraction of sp³-hybridized carbons (Fsp3) is 0.385. The van der Waals surface area contributed by atoms with Gasteiger partial charge >= 0.3 is 5.97 Å². The SMILES string of the molecule is CCC(CC)(NC(=O)c1cc(F)c(F)c(O)c1F)C(=O)O. The minimum atomic E-state index is -1.82. The molecule has 1 aromatic rings. The first kappa shape index (κ1) is 16.8. The number of amides is 1. The second kappa shape index (κ2) is 6.02. The summed E-state index contributed by atoms with van der Waals surface area (Å²) >= 11 is 0. The molecule has 0 aliphatic heterocycles. The molecule has 1 aromatic carbocycles. The van der Waals surface area contributed by atoms with Gasteiger partial charge in [0.25, 0.3) is 5.91 Å². The zero-order valence-electron chi connectivity index (χ0n) is 11.3. The molecular formula is C13H14F3NO4. The first-order chi connectivity index (χ1) is 9.70. The molecule has 0 unspecified atom stereocenters. The molecule has 5 nitrogen and oxygen atoms in total. The van der Waals surface area contributed by atoms with E-state index in [0.717, 1.165) is 0 Å². The zero-order chi connectivity index (χ0) is 16.4. The summed E-state index contributed by atoms with van der Waals surface area (Å²) in [6.07, 6.45) is 0.00367. The van der Waals surface area contributed by atoms with E-state index in [1.165, 1.54) is 13.8 Å². The first-order valence-corrected chi connectivity index (χ1v) is 6.12. The predicted molar refractivity (Wildman–Crippen MR) is 66.4 cm³/mol. The predicted octanol–water partition coefficient (Wildman–Crippen LogP) is 2.18. The van der Waals surface area contributed by atoms with Gasteiger partial charge in [-0.1, -0.05) is 13.8 Å². The number of halogens is 3. The third-order valence-electron chi connectivity index (χ3n) is 3.35. The van der Waals surface area contributed by atoms with E-state index in [1.54, 1.807) is 0 Å². The summed E-state index contributed by atoms with van der Waals surface area (Å²) in [4.78, 5) is 23.1. The highest BCUT2D eigenvalue weighted by molar-refractivity contribution is 5.98. The minimum Gasteiger partial charge on any atom is -0.503 e. The fourth-order valence-corrected chi connectivity index (χ4v) is 1.82. The molecule has 8 heteroatoms. The molecule has 0 saturated carbocycles. The van der Waals surface area contributed by atoms with E-state index < -0.39 is 46.2 Å². The third kappa shape index (κ3) is 2.93. The van der Waals surface area contributed by atoms with Gasteiger partial charge in [-0.05, 0) is 18.9 Å². The largest absolute Gasteiger partial charge is 0.503 e. The van der Waals surface area contributed by atoms with Gasteiger partial charge < -0.3 is 15.5 Å². The van der Waals surface area contributed by atoms with Crippen LogP contribution in [0.4, 0.5) is 13.2 Å². The van der Waals surface area contributed by atoms with Crippen LogP contribution in [0.15, 0.2) is 6.07 Å². The standard InChI is InChI=1S/C13H14F3NO4/c1-3-13(4-2,12(20)21)17-11(19)6-5-7(14)9(16)10(18)8(6)15/h5,18H,3-4H2,1-2H3,(H,17,19)(H,20,21). The molecule has 0 aliphatic carbocycles. The number of carbonyl (C=O) groups excluding carboxylic acids is 1. The van der Waals surface area contributed by atoms with E-state index in [-0.39, 0.29) is 18.9 Å². The number of hydrogen-bond donors (Lipinski definition) is 3. The number of phenolic OH excluding ortho intramolecular Hbond substituents is 1. The number of aromatic hydroxyl groups is 1. The number of hydrogen-bond acceptors (Lipinski definition) is 3. The molecule has 0 saturated heterocycles. The number of carboxylic acid groups (broad SMARTS) is 1. The normalized spacial score (nSPS) is 11.3. The maximum absolute atomic E-state index is 13.6. The Morgan fingerprint density at radius 3 is 2.14 bits per heavy atom. The van der Waals surface area contributed by atoms with Crippen LogP contribution < -0.4 is 5.32 Å². The van der Waals surface area contributed by atoms with Gasteiger partial charge in [0.05, 0.1) is 5.56 Å².